The third kappa shape index (κ3) is 12.0. The smallest absolute Gasteiger partial charge is 0.303 e. The highest BCUT2D eigenvalue weighted by Crippen LogP contribution is 2.18. The number of aliphatic hydroxyl groups excluding tert-OH is 1. The summed E-state index contributed by atoms with van der Waals surface area (Å²) < 4.78 is 5.72. The molecule has 0 aromatic heterocycles. The van der Waals surface area contributed by atoms with Gasteiger partial charge in [-0.05, 0) is 56.7 Å². The van der Waals surface area contributed by atoms with E-state index in [9.17, 15) is 19.5 Å². The highest BCUT2D eigenvalue weighted by molar-refractivity contribution is 5.81. The number of unbranched alkanes of at least 4 members (excludes halogenated alkanes) is 2. The Balaban J connectivity index is 2.78. The van der Waals surface area contributed by atoms with E-state index in [2.05, 4.69) is 10.6 Å². The van der Waals surface area contributed by atoms with Crippen molar-refractivity contribution in [3.05, 3.63) is 29.8 Å². The first kappa shape index (κ1) is 29.4. The van der Waals surface area contributed by atoms with Gasteiger partial charge in [0, 0.05) is 18.9 Å². The molecular formula is C25H41N3O6. The Bertz CT molecular complexity index is 771. The van der Waals surface area contributed by atoms with Crippen LogP contribution in [0.1, 0.15) is 64.9 Å². The molecule has 1 aromatic carbocycles. The van der Waals surface area contributed by atoms with E-state index >= 15 is 0 Å². The number of rotatable bonds is 17. The monoisotopic (exact) mass is 479 g/mol. The normalized spacial score (nSPS) is 14.5. The summed E-state index contributed by atoms with van der Waals surface area (Å²) in [6.07, 6.45) is 2.73. The van der Waals surface area contributed by atoms with Gasteiger partial charge in [0.1, 0.15) is 5.75 Å². The maximum absolute atomic E-state index is 12.3. The SMILES string of the molecule is CCCCNC(=O)[C@@H](C)C[C@H](O)[C@H](Cc1cccc(OCCCCC(=O)O)c1)NC(=O)[C@H](C)N. The number of ether oxygens (including phenoxy) is 1. The van der Waals surface area contributed by atoms with Gasteiger partial charge in [-0.2, -0.15) is 0 Å². The lowest BCUT2D eigenvalue weighted by atomic mass is 9.93. The highest BCUT2D eigenvalue weighted by Gasteiger charge is 2.27. The fourth-order valence-electron chi connectivity index (χ4n) is 3.38. The van der Waals surface area contributed by atoms with E-state index < -0.39 is 30.1 Å². The van der Waals surface area contributed by atoms with Gasteiger partial charge in [-0.3, -0.25) is 14.4 Å². The van der Waals surface area contributed by atoms with Gasteiger partial charge < -0.3 is 31.3 Å². The van der Waals surface area contributed by atoms with Crippen LogP contribution in [0, 0.1) is 5.92 Å². The van der Waals surface area contributed by atoms with Crippen molar-refractivity contribution in [1.82, 2.24) is 10.6 Å². The molecule has 0 heterocycles. The highest BCUT2D eigenvalue weighted by atomic mass is 16.5. The van der Waals surface area contributed by atoms with Gasteiger partial charge >= 0.3 is 5.97 Å². The third-order valence-corrected chi connectivity index (χ3v) is 5.49. The Morgan fingerprint density at radius 1 is 1.12 bits per heavy atom. The lowest BCUT2D eigenvalue weighted by Crippen LogP contribution is -2.50. The number of benzene rings is 1. The largest absolute Gasteiger partial charge is 0.494 e. The van der Waals surface area contributed by atoms with Crippen LogP contribution in [-0.4, -0.2) is 59.3 Å². The molecule has 192 valence electrons. The van der Waals surface area contributed by atoms with Gasteiger partial charge in [-0.25, -0.2) is 0 Å². The molecule has 1 aromatic rings. The molecule has 34 heavy (non-hydrogen) atoms. The molecule has 0 saturated heterocycles. The van der Waals surface area contributed by atoms with Crippen molar-refractivity contribution in [2.75, 3.05) is 13.2 Å². The Labute approximate surface area is 202 Å². The number of carbonyl (C=O) groups is 3. The number of carboxylic acid groups (broad SMARTS) is 1. The molecule has 0 aliphatic rings. The number of aliphatic carboxylic acids is 1. The van der Waals surface area contributed by atoms with Gasteiger partial charge in [0.05, 0.1) is 24.8 Å². The maximum Gasteiger partial charge on any atom is 0.303 e. The molecule has 0 saturated carbocycles. The van der Waals surface area contributed by atoms with Crippen LogP contribution in [0.2, 0.25) is 0 Å². The van der Waals surface area contributed by atoms with Crippen LogP contribution >= 0.6 is 0 Å². The minimum Gasteiger partial charge on any atom is -0.494 e. The summed E-state index contributed by atoms with van der Waals surface area (Å²) in [6.45, 7) is 6.37. The molecule has 1 rings (SSSR count). The minimum absolute atomic E-state index is 0.108. The van der Waals surface area contributed by atoms with Crippen LogP contribution in [0.25, 0.3) is 0 Å². The van der Waals surface area contributed by atoms with Crippen molar-refractivity contribution in [3.8, 4) is 5.75 Å². The van der Waals surface area contributed by atoms with E-state index in [0.717, 1.165) is 18.4 Å². The Kier molecular flexibility index (Phi) is 13.9. The fraction of sp³-hybridized carbons (Fsp3) is 0.640. The zero-order valence-electron chi connectivity index (χ0n) is 20.6. The number of aliphatic hydroxyl groups is 1. The Morgan fingerprint density at radius 3 is 2.50 bits per heavy atom. The zero-order valence-corrected chi connectivity index (χ0v) is 20.6. The van der Waals surface area contributed by atoms with Crippen LogP contribution < -0.4 is 21.1 Å². The summed E-state index contributed by atoms with van der Waals surface area (Å²) in [6, 6.07) is 5.96. The fourth-order valence-corrected chi connectivity index (χ4v) is 3.38. The van der Waals surface area contributed by atoms with Crippen molar-refractivity contribution < 1.29 is 29.3 Å². The average Bonchev–Trinajstić information content (AvgIpc) is 2.78. The molecule has 9 heteroatoms. The van der Waals surface area contributed by atoms with Crippen LogP contribution in [0.3, 0.4) is 0 Å². The number of carboxylic acids is 1. The summed E-state index contributed by atoms with van der Waals surface area (Å²) in [4.78, 5) is 35.2. The number of nitrogens with one attached hydrogen (secondary N) is 2. The van der Waals surface area contributed by atoms with E-state index in [4.69, 9.17) is 15.6 Å². The van der Waals surface area contributed by atoms with Gasteiger partial charge in [0.2, 0.25) is 11.8 Å². The first-order valence-electron chi connectivity index (χ1n) is 12.1. The average molecular weight is 480 g/mol. The molecule has 0 bridgehead atoms. The van der Waals surface area contributed by atoms with Gasteiger partial charge in [-0.15, -0.1) is 0 Å². The zero-order chi connectivity index (χ0) is 25.5. The standard InChI is InChI=1S/C25H41N3O6/c1-4-5-12-27-24(32)17(2)14-22(29)21(28-25(33)18(3)26)16-19-9-8-10-20(15-19)34-13-7-6-11-23(30)31/h8-10,15,17-18,21-22,29H,4-7,11-14,16,26H2,1-3H3,(H,27,32)(H,28,33)(H,30,31)/t17-,18-,21-,22-/m0/s1. The van der Waals surface area contributed by atoms with Crippen LogP contribution in [-0.2, 0) is 20.8 Å². The summed E-state index contributed by atoms with van der Waals surface area (Å²) in [5.74, 6) is -1.11. The first-order valence-corrected chi connectivity index (χ1v) is 12.1. The Hall–Kier alpha value is -2.65. The number of amides is 2. The third-order valence-electron chi connectivity index (χ3n) is 5.49. The molecule has 0 aliphatic heterocycles. The first-order chi connectivity index (χ1) is 16.1. The molecule has 0 aliphatic carbocycles. The topological polar surface area (TPSA) is 151 Å². The predicted molar refractivity (Wildman–Crippen MR) is 130 cm³/mol. The lowest BCUT2D eigenvalue weighted by Gasteiger charge is -2.27. The van der Waals surface area contributed by atoms with Crippen molar-refractivity contribution in [3.63, 3.8) is 0 Å². The lowest BCUT2D eigenvalue weighted by molar-refractivity contribution is -0.137. The van der Waals surface area contributed by atoms with Crippen molar-refractivity contribution in [1.29, 1.82) is 0 Å². The minimum atomic E-state index is -0.949. The van der Waals surface area contributed by atoms with Crippen molar-refractivity contribution in [2.24, 2.45) is 11.7 Å². The molecule has 6 N–H and O–H groups in total. The molecular weight excluding hydrogens is 438 g/mol. The number of hydrogen-bond donors (Lipinski definition) is 5. The summed E-state index contributed by atoms with van der Waals surface area (Å²) in [5, 5.41) is 25.3. The summed E-state index contributed by atoms with van der Waals surface area (Å²) in [7, 11) is 0. The van der Waals surface area contributed by atoms with Crippen LogP contribution in [0.5, 0.6) is 5.75 Å². The second-order valence-corrected chi connectivity index (χ2v) is 8.80. The van der Waals surface area contributed by atoms with Crippen LogP contribution in [0.15, 0.2) is 24.3 Å². The van der Waals surface area contributed by atoms with E-state index in [0.29, 0.717) is 38.2 Å². The van der Waals surface area contributed by atoms with Crippen LogP contribution in [0.4, 0.5) is 0 Å². The molecule has 2 amide bonds. The molecule has 0 unspecified atom stereocenters. The Morgan fingerprint density at radius 2 is 1.85 bits per heavy atom. The van der Waals surface area contributed by atoms with Gasteiger partial charge in [0.25, 0.3) is 0 Å². The second-order valence-electron chi connectivity index (χ2n) is 8.80. The predicted octanol–water partition coefficient (Wildman–Crippen LogP) is 2.00. The van der Waals surface area contributed by atoms with E-state index in [1.165, 1.54) is 0 Å². The number of carbonyl (C=O) groups excluding carboxylic acids is 2. The molecule has 4 atom stereocenters. The van der Waals surface area contributed by atoms with E-state index in [1.807, 2.05) is 25.1 Å². The summed E-state index contributed by atoms with van der Waals surface area (Å²) in [5.41, 5.74) is 6.55. The van der Waals surface area contributed by atoms with Gasteiger partial charge in [-0.1, -0.05) is 32.4 Å². The molecule has 0 radical (unpaired) electrons. The van der Waals surface area contributed by atoms with Crippen molar-refractivity contribution >= 4 is 17.8 Å². The second kappa shape index (κ2) is 16.1. The van der Waals surface area contributed by atoms with Crippen molar-refractivity contribution in [2.45, 2.75) is 83.9 Å². The molecule has 0 fully saturated rings. The maximum atomic E-state index is 12.3. The number of nitrogens with two attached hydrogens (primary N) is 1. The molecule has 0 spiro atoms. The van der Waals surface area contributed by atoms with Gasteiger partial charge in [0.15, 0.2) is 0 Å². The quantitative estimate of drug-likeness (QED) is 0.214. The van der Waals surface area contributed by atoms with E-state index in [1.54, 1.807) is 19.9 Å². The summed E-state index contributed by atoms with van der Waals surface area (Å²) >= 11 is 0. The number of hydrogen-bond acceptors (Lipinski definition) is 6. The molecule has 9 nitrogen and oxygen atoms in total. The van der Waals surface area contributed by atoms with E-state index in [-0.39, 0.29) is 24.7 Å².